The number of nitrogens with two attached hydrogens (primary N) is 1. The van der Waals surface area contributed by atoms with E-state index in [0.29, 0.717) is 16.3 Å². The number of halogens is 3. The van der Waals surface area contributed by atoms with E-state index in [2.05, 4.69) is 0 Å². The topological polar surface area (TPSA) is 35.2 Å². The van der Waals surface area contributed by atoms with Gasteiger partial charge < -0.3 is 10.5 Å². The van der Waals surface area contributed by atoms with E-state index in [1.165, 1.54) is 19.2 Å². The van der Waals surface area contributed by atoms with Crippen LogP contribution in [0.4, 0.5) is 4.39 Å². The minimum Gasteiger partial charge on any atom is -0.496 e. The number of benzene rings is 2. The van der Waals surface area contributed by atoms with Crippen molar-refractivity contribution in [3.05, 3.63) is 63.4 Å². The summed E-state index contributed by atoms with van der Waals surface area (Å²) in [4.78, 5) is 0. The summed E-state index contributed by atoms with van der Waals surface area (Å²) in [6.45, 7) is 0. The molecule has 0 aliphatic carbocycles. The largest absolute Gasteiger partial charge is 0.496 e. The molecule has 2 N–H and O–H groups in total. The van der Waals surface area contributed by atoms with Crippen LogP contribution in [0, 0.1) is 5.82 Å². The first-order valence-electron chi connectivity index (χ1n) is 5.57. The van der Waals surface area contributed by atoms with E-state index in [1.54, 1.807) is 24.3 Å². The van der Waals surface area contributed by atoms with Gasteiger partial charge in [0.1, 0.15) is 11.6 Å². The monoisotopic (exact) mass is 299 g/mol. The van der Waals surface area contributed by atoms with Gasteiger partial charge in [0.05, 0.1) is 13.2 Å². The molecule has 2 aromatic rings. The molecule has 0 heterocycles. The van der Waals surface area contributed by atoms with Gasteiger partial charge >= 0.3 is 0 Å². The average Bonchev–Trinajstić information content (AvgIpc) is 2.38. The van der Waals surface area contributed by atoms with Crippen LogP contribution < -0.4 is 10.5 Å². The third-order valence-electron chi connectivity index (χ3n) is 2.84. The first-order valence-corrected chi connectivity index (χ1v) is 6.33. The SMILES string of the molecule is COc1ccc(Cl)cc1C(N)c1c(F)cccc1Cl. The number of methoxy groups -OCH3 is 1. The van der Waals surface area contributed by atoms with Crippen molar-refractivity contribution < 1.29 is 9.13 Å². The Kier molecular flexibility index (Phi) is 4.30. The molecule has 0 aliphatic heterocycles. The van der Waals surface area contributed by atoms with Crippen LogP contribution in [0.3, 0.4) is 0 Å². The first kappa shape index (κ1) is 14.1. The van der Waals surface area contributed by atoms with Crippen molar-refractivity contribution in [2.45, 2.75) is 6.04 Å². The molecular weight excluding hydrogens is 288 g/mol. The van der Waals surface area contributed by atoms with E-state index in [1.807, 2.05) is 0 Å². The van der Waals surface area contributed by atoms with Crippen LogP contribution in [-0.2, 0) is 0 Å². The fourth-order valence-corrected chi connectivity index (χ4v) is 2.37. The number of ether oxygens (including phenoxy) is 1. The van der Waals surface area contributed by atoms with Crippen LogP contribution >= 0.6 is 23.2 Å². The lowest BCUT2D eigenvalue weighted by molar-refractivity contribution is 0.407. The Morgan fingerprint density at radius 1 is 1.21 bits per heavy atom. The van der Waals surface area contributed by atoms with E-state index >= 15 is 0 Å². The molecule has 1 atom stereocenters. The molecule has 5 heteroatoms. The van der Waals surface area contributed by atoms with Crippen molar-refractivity contribution in [3.8, 4) is 5.75 Å². The quantitative estimate of drug-likeness (QED) is 0.922. The van der Waals surface area contributed by atoms with E-state index < -0.39 is 11.9 Å². The Morgan fingerprint density at radius 3 is 2.58 bits per heavy atom. The molecule has 0 bridgehead atoms. The van der Waals surface area contributed by atoms with Gasteiger partial charge in [-0.1, -0.05) is 29.3 Å². The fraction of sp³-hybridized carbons (Fsp3) is 0.143. The van der Waals surface area contributed by atoms with Crippen molar-refractivity contribution in [2.75, 3.05) is 7.11 Å². The van der Waals surface area contributed by atoms with Crippen molar-refractivity contribution in [3.63, 3.8) is 0 Å². The number of hydrogen-bond acceptors (Lipinski definition) is 2. The van der Waals surface area contributed by atoms with Gasteiger partial charge in [0, 0.05) is 21.2 Å². The molecule has 0 aliphatic rings. The van der Waals surface area contributed by atoms with Crippen molar-refractivity contribution in [2.24, 2.45) is 5.73 Å². The molecular formula is C14H12Cl2FNO. The van der Waals surface area contributed by atoms with Gasteiger partial charge in [0.15, 0.2) is 0 Å². The van der Waals surface area contributed by atoms with Crippen LogP contribution in [0.15, 0.2) is 36.4 Å². The Morgan fingerprint density at radius 2 is 1.95 bits per heavy atom. The van der Waals surface area contributed by atoms with Crippen LogP contribution in [0.1, 0.15) is 17.2 Å². The standard InChI is InChI=1S/C14H12Cl2FNO/c1-19-12-6-5-8(15)7-9(12)14(18)13-10(16)3-2-4-11(13)17/h2-7,14H,18H2,1H3. The van der Waals surface area contributed by atoms with Crippen LogP contribution in [0.5, 0.6) is 5.75 Å². The van der Waals surface area contributed by atoms with Crippen molar-refractivity contribution >= 4 is 23.2 Å². The Bertz CT molecular complexity index is 584. The van der Waals surface area contributed by atoms with Gasteiger partial charge in [-0.2, -0.15) is 0 Å². The number of rotatable bonds is 3. The highest BCUT2D eigenvalue weighted by molar-refractivity contribution is 6.31. The summed E-state index contributed by atoms with van der Waals surface area (Å²) in [7, 11) is 1.52. The zero-order chi connectivity index (χ0) is 14.0. The average molecular weight is 300 g/mol. The van der Waals surface area contributed by atoms with Gasteiger partial charge in [-0.25, -0.2) is 4.39 Å². The van der Waals surface area contributed by atoms with Gasteiger partial charge in [0.2, 0.25) is 0 Å². The minimum atomic E-state index is -0.748. The second-order valence-corrected chi connectivity index (χ2v) is 4.84. The maximum atomic E-state index is 13.9. The highest BCUT2D eigenvalue weighted by atomic mass is 35.5. The molecule has 100 valence electrons. The summed E-state index contributed by atoms with van der Waals surface area (Å²) in [5, 5.41) is 0.772. The van der Waals surface area contributed by atoms with E-state index in [4.69, 9.17) is 33.7 Å². The zero-order valence-electron chi connectivity index (χ0n) is 10.2. The molecule has 0 saturated carbocycles. The lowest BCUT2D eigenvalue weighted by Crippen LogP contribution is -2.15. The fourth-order valence-electron chi connectivity index (χ4n) is 1.91. The summed E-state index contributed by atoms with van der Waals surface area (Å²) in [5.41, 5.74) is 6.91. The second kappa shape index (κ2) is 5.78. The Balaban J connectivity index is 2.55. The third kappa shape index (κ3) is 2.84. The molecule has 0 radical (unpaired) electrons. The molecule has 0 amide bonds. The summed E-state index contributed by atoms with van der Waals surface area (Å²) in [6.07, 6.45) is 0. The molecule has 0 aromatic heterocycles. The maximum Gasteiger partial charge on any atom is 0.129 e. The summed E-state index contributed by atoms with van der Waals surface area (Å²) in [5.74, 6) is 0.0817. The minimum absolute atomic E-state index is 0.227. The Hall–Kier alpha value is -1.29. The molecule has 0 spiro atoms. The summed E-state index contributed by atoms with van der Waals surface area (Å²) in [6, 6.07) is 8.71. The lowest BCUT2D eigenvalue weighted by Gasteiger charge is -2.18. The van der Waals surface area contributed by atoms with Gasteiger partial charge in [-0.3, -0.25) is 0 Å². The molecule has 2 aromatic carbocycles. The Labute approximate surface area is 120 Å². The zero-order valence-corrected chi connectivity index (χ0v) is 11.7. The molecule has 0 fully saturated rings. The predicted molar refractivity (Wildman–Crippen MR) is 75.4 cm³/mol. The molecule has 2 nitrogen and oxygen atoms in total. The van der Waals surface area contributed by atoms with E-state index in [0.717, 1.165) is 0 Å². The van der Waals surface area contributed by atoms with Crippen molar-refractivity contribution in [1.82, 2.24) is 0 Å². The second-order valence-electron chi connectivity index (χ2n) is 4.00. The van der Waals surface area contributed by atoms with Crippen LogP contribution in [-0.4, -0.2) is 7.11 Å². The lowest BCUT2D eigenvalue weighted by atomic mass is 9.98. The van der Waals surface area contributed by atoms with Crippen molar-refractivity contribution in [1.29, 1.82) is 0 Å². The maximum absolute atomic E-state index is 13.9. The van der Waals surface area contributed by atoms with Gasteiger partial charge in [0.25, 0.3) is 0 Å². The highest BCUT2D eigenvalue weighted by Crippen LogP contribution is 2.34. The van der Waals surface area contributed by atoms with Crippen LogP contribution in [0.25, 0.3) is 0 Å². The molecule has 0 saturated heterocycles. The highest BCUT2D eigenvalue weighted by Gasteiger charge is 2.20. The first-order chi connectivity index (χ1) is 9.04. The van der Waals surface area contributed by atoms with E-state index in [9.17, 15) is 4.39 Å². The van der Waals surface area contributed by atoms with E-state index in [-0.39, 0.29) is 10.6 Å². The van der Waals surface area contributed by atoms with Gasteiger partial charge in [-0.05, 0) is 30.3 Å². The molecule has 2 rings (SSSR count). The normalized spacial score (nSPS) is 12.3. The smallest absolute Gasteiger partial charge is 0.129 e. The molecule has 19 heavy (non-hydrogen) atoms. The summed E-state index contributed by atoms with van der Waals surface area (Å²) < 4.78 is 19.1. The van der Waals surface area contributed by atoms with Crippen LogP contribution in [0.2, 0.25) is 10.0 Å². The third-order valence-corrected chi connectivity index (χ3v) is 3.40. The predicted octanol–water partition coefficient (Wildman–Crippen LogP) is 4.19. The summed E-state index contributed by atoms with van der Waals surface area (Å²) >= 11 is 12.0. The number of hydrogen-bond donors (Lipinski definition) is 1. The molecule has 1 unspecified atom stereocenters. The van der Waals surface area contributed by atoms with Gasteiger partial charge in [-0.15, -0.1) is 0 Å².